The number of carbonyl (C=O) groups excluding carboxylic acids is 1. The van der Waals surface area contributed by atoms with E-state index in [-0.39, 0.29) is 11.0 Å². The van der Waals surface area contributed by atoms with Crippen molar-refractivity contribution in [3.63, 3.8) is 0 Å². The lowest BCUT2D eigenvalue weighted by molar-refractivity contribution is -0.141. The summed E-state index contributed by atoms with van der Waals surface area (Å²) in [5.74, 6) is -0.374. The topological polar surface area (TPSA) is 72.7 Å². The van der Waals surface area contributed by atoms with Crippen molar-refractivity contribution in [1.29, 1.82) is 0 Å². The standard InChI is InChI=1S/C18H15ClF3N5OS/c1-11(16(28)24-14-5-3-2-4-13(14)19)29-17-26-25-15(12-6-8-23-9-7-12)27(17)10-18(20,21)22/h2-9,11H,10H2,1H3,(H,24,28). The van der Waals surface area contributed by atoms with Crippen molar-refractivity contribution < 1.29 is 18.0 Å². The summed E-state index contributed by atoms with van der Waals surface area (Å²) in [7, 11) is 0. The molecule has 0 aliphatic heterocycles. The van der Waals surface area contributed by atoms with Gasteiger partial charge in [-0.2, -0.15) is 13.2 Å². The van der Waals surface area contributed by atoms with Gasteiger partial charge in [0.15, 0.2) is 11.0 Å². The van der Waals surface area contributed by atoms with Crippen molar-refractivity contribution in [3.05, 3.63) is 53.8 Å². The number of aromatic nitrogens is 4. The van der Waals surface area contributed by atoms with Crippen LogP contribution in [0.15, 0.2) is 53.9 Å². The molecule has 1 amide bonds. The summed E-state index contributed by atoms with van der Waals surface area (Å²) < 4.78 is 40.3. The molecule has 0 aliphatic carbocycles. The van der Waals surface area contributed by atoms with Crippen molar-refractivity contribution in [2.24, 2.45) is 0 Å². The molecular formula is C18H15ClF3N5OS. The first-order valence-corrected chi connectivity index (χ1v) is 9.63. The Morgan fingerprint density at radius 3 is 2.55 bits per heavy atom. The van der Waals surface area contributed by atoms with Gasteiger partial charge in [0.25, 0.3) is 0 Å². The molecule has 0 bridgehead atoms. The largest absolute Gasteiger partial charge is 0.406 e. The SMILES string of the molecule is CC(Sc1nnc(-c2ccncc2)n1CC(F)(F)F)C(=O)Nc1ccccc1Cl. The zero-order chi connectivity index (χ0) is 21.0. The minimum Gasteiger partial charge on any atom is -0.324 e. The number of hydrogen-bond acceptors (Lipinski definition) is 5. The van der Waals surface area contributed by atoms with Gasteiger partial charge in [-0.1, -0.05) is 35.5 Å². The first-order valence-electron chi connectivity index (χ1n) is 8.37. The molecule has 3 aromatic rings. The fourth-order valence-corrected chi connectivity index (χ4v) is 3.45. The molecule has 0 fully saturated rings. The summed E-state index contributed by atoms with van der Waals surface area (Å²) in [6, 6.07) is 9.76. The molecule has 0 saturated heterocycles. The van der Waals surface area contributed by atoms with Gasteiger partial charge < -0.3 is 5.32 Å². The Kier molecular flexibility index (Phi) is 6.43. The number of thioether (sulfide) groups is 1. The predicted molar refractivity (Wildman–Crippen MR) is 105 cm³/mol. The number of rotatable bonds is 6. The third-order valence-corrected chi connectivity index (χ3v) is 5.19. The third-order valence-electron chi connectivity index (χ3n) is 3.78. The van der Waals surface area contributed by atoms with Gasteiger partial charge in [0.05, 0.1) is 16.0 Å². The summed E-state index contributed by atoms with van der Waals surface area (Å²) in [6.45, 7) is 0.286. The second-order valence-electron chi connectivity index (χ2n) is 5.97. The van der Waals surface area contributed by atoms with Crippen LogP contribution in [-0.4, -0.2) is 37.1 Å². The zero-order valence-corrected chi connectivity index (χ0v) is 16.6. The minimum absolute atomic E-state index is 0.0176. The molecule has 1 unspecified atom stereocenters. The van der Waals surface area contributed by atoms with Crippen LogP contribution >= 0.6 is 23.4 Å². The van der Waals surface area contributed by atoms with E-state index in [1.165, 1.54) is 12.4 Å². The van der Waals surface area contributed by atoms with Gasteiger partial charge in [0, 0.05) is 18.0 Å². The maximum atomic E-state index is 13.1. The van der Waals surface area contributed by atoms with Crippen molar-refractivity contribution in [2.45, 2.75) is 30.1 Å². The molecule has 0 radical (unpaired) electrons. The number of carbonyl (C=O) groups is 1. The average Bonchev–Trinajstić information content (AvgIpc) is 3.04. The molecule has 1 atom stereocenters. The molecule has 6 nitrogen and oxygen atoms in total. The maximum Gasteiger partial charge on any atom is 0.406 e. The van der Waals surface area contributed by atoms with Gasteiger partial charge in [0.1, 0.15) is 6.54 Å². The van der Waals surface area contributed by atoms with Crippen LogP contribution in [0.2, 0.25) is 5.02 Å². The minimum atomic E-state index is -4.48. The summed E-state index contributed by atoms with van der Waals surface area (Å²) >= 11 is 6.90. The van der Waals surface area contributed by atoms with Gasteiger partial charge in [-0.25, -0.2) is 0 Å². The summed E-state index contributed by atoms with van der Waals surface area (Å²) in [6.07, 6.45) is -1.58. The smallest absolute Gasteiger partial charge is 0.324 e. The molecular weight excluding hydrogens is 427 g/mol. The number of halogens is 4. The Labute approximate surface area is 173 Å². The van der Waals surface area contributed by atoms with E-state index in [1.54, 1.807) is 43.3 Å². The van der Waals surface area contributed by atoms with Crippen molar-refractivity contribution >= 4 is 35.0 Å². The molecule has 3 rings (SSSR count). The van der Waals surface area contributed by atoms with Crippen LogP contribution in [0.4, 0.5) is 18.9 Å². The van der Waals surface area contributed by atoms with Crippen LogP contribution in [0.25, 0.3) is 11.4 Å². The Balaban J connectivity index is 1.83. The Bertz CT molecular complexity index is 997. The number of amides is 1. The fraction of sp³-hybridized carbons (Fsp3) is 0.222. The first-order chi connectivity index (χ1) is 13.7. The number of alkyl halides is 3. The molecule has 152 valence electrons. The number of benzene rings is 1. The third kappa shape index (κ3) is 5.48. The summed E-state index contributed by atoms with van der Waals surface area (Å²) in [5.41, 5.74) is 0.859. The highest BCUT2D eigenvalue weighted by Crippen LogP contribution is 2.31. The van der Waals surface area contributed by atoms with Gasteiger partial charge >= 0.3 is 6.18 Å². The number of anilines is 1. The van der Waals surface area contributed by atoms with E-state index in [4.69, 9.17) is 11.6 Å². The quantitative estimate of drug-likeness (QED) is 0.562. The highest BCUT2D eigenvalue weighted by molar-refractivity contribution is 8.00. The molecule has 1 N–H and O–H groups in total. The monoisotopic (exact) mass is 441 g/mol. The lowest BCUT2D eigenvalue weighted by atomic mass is 10.2. The number of nitrogens with zero attached hydrogens (tertiary/aromatic N) is 4. The van der Waals surface area contributed by atoms with E-state index in [9.17, 15) is 18.0 Å². The molecule has 2 aromatic heterocycles. The van der Waals surface area contributed by atoms with Crippen LogP contribution in [0.5, 0.6) is 0 Å². The van der Waals surface area contributed by atoms with E-state index in [1.807, 2.05) is 0 Å². The summed E-state index contributed by atoms with van der Waals surface area (Å²) in [5, 5.41) is 10.0. The first kappa shape index (κ1) is 21.1. The second-order valence-corrected chi connectivity index (χ2v) is 7.69. The van der Waals surface area contributed by atoms with E-state index >= 15 is 0 Å². The molecule has 2 heterocycles. The summed E-state index contributed by atoms with van der Waals surface area (Å²) in [4.78, 5) is 16.3. The van der Waals surface area contributed by atoms with E-state index in [2.05, 4.69) is 20.5 Å². The number of para-hydroxylation sites is 1. The maximum absolute atomic E-state index is 13.1. The Morgan fingerprint density at radius 2 is 1.90 bits per heavy atom. The molecule has 0 saturated carbocycles. The lowest BCUT2D eigenvalue weighted by Gasteiger charge is -2.15. The normalized spacial score (nSPS) is 12.6. The fourth-order valence-electron chi connectivity index (χ4n) is 2.42. The second kappa shape index (κ2) is 8.83. The van der Waals surface area contributed by atoms with Crippen molar-refractivity contribution in [2.75, 3.05) is 5.32 Å². The van der Waals surface area contributed by atoms with Gasteiger partial charge in [-0.15, -0.1) is 10.2 Å². The highest BCUT2D eigenvalue weighted by Gasteiger charge is 2.32. The van der Waals surface area contributed by atoms with Gasteiger partial charge in [0.2, 0.25) is 5.91 Å². The van der Waals surface area contributed by atoms with Crippen LogP contribution in [-0.2, 0) is 11.3 Å². The average molecular weight is 442 g/mol. The van der Waals surface area contributed by atoms with Crippen LogP contribution in [0.3, 0.4) is 0 Å². The van der Waals surface area contributed by atoms with Crippen molar-refractivity contribution in [3.8, 4) is 11.4 Å². The number of nitrogens with one attached hydrogen (secondary N) is 1. The Morgan fingerprint density at radius 1 is 1.21 bits per heavy atom. The van der Waals surface area contributed by atoms with Gasteiger partial charge in [-0.05, 0) is 31.2 Å². The molecule has 1 aromatic carbocycles. The molecule has 0 aliphatic rings. The van der Waals surface area contributed by atoms with E-state index in [0.29, 0.717) is 16.3 Å². The number of pyridine rings is 1. The zero-order valence-electron chi connectivity index (χ0n) is 15.0. The molecule has 29 heavy (non-hydrogen) atoms. The van der Waals surface area contributed by atoms with E-state index in [0.717, 1.165) is 16.3 Å². The molecule has 0 spiro atoms. The van der Waals surface area contributed by atoms with Crippen LogP contribution < -0.4 is 5.32 Å². The Hall–Kier alpha value is -2.59. The highest BCUT2D eigenvalue weighted by atomic mass is 35.5. The van der Waals surface area contributed by atoms with Crippen molar-refractivity contribution in [1.82, 2.24) is 19.7 Å². The van der Waals surface area contributed by atoms with Crippen LogP contribution in [0.1, 0.15) is 6.92 Å². The predicted octanol–water partition coefficient (Wildman–Crippen LogP) is 4.68. The lowest BCUT2D eigenvalue weighted by Crippen LogP contribution is -2.24. The van der Waals surface area contributed by atoms with Gasteiger partial charge in [-0.3, -0.25) is 14.3 Å². The molecule has 11 heteroatoms. The number of hydrogen-bond donors (Lipinski definition) is 1. The van der Waals surface area contributed by atoms with Crippen LogP contribution in [0, 0.1) is 0 Å². The van der Waals surface area contributed by atoms with E-state index < -0.39 is 23.9 Å².